The van der Waals surface area contributed by atoms with Gasteiger partial charge < -0.3 is 16.0 Å². The number of nitrogens with one attached hydrogen (secondary N) is 1. The Kier molecular flexibility index (Phi) is 6.85. The van der Waals surface area contributed by atoms with Crippen molar-refractivity contribution in [1.29, 1.82) is 0 Å². The summed E-state index contributed by atoms with van der Waals surface area (Å²) in [5.74, 6) is -0.360. The molecule has 0 aliphatic heterocycles. The van der Waals surface area contributed by atoms with Crippen LogP contribution in [0.4, 0.5) is 14.9 Å². The second-order valence-electron chi connectivity index (χ2n) is 5.28. The Morgan fingerprint density at radius 3 is 2.33 bits per heavy atom. The van der Waals surface area contributed by atoms with Crippen molar-refractivity contribution in [2.45, 2.75) is 13.0 Å². The van der Waals surface area contributed by atoms with Crippen molar-refractivity contribution in [3.8, 4) is 0 Å². The molecular formula is C17H18Cl2FN3O. The minimum Gasteiger partial charge on any atom is -0.330 e. The van der Waals surface area contributed by atoms with Crippen molar-refractivity contribution >= 4 is 34.9 Å². The Morgan fingerprint density at radius 1 is 1.12 bits per heavy atom. The highest BCUT2D eigenvalue weighted by Gasteiger charge is 2.14. The first-order valence-electron chi connectivity index (χ1n) is 7.44. The van der Waals surface area contributed by atoms with Crippen molar-refractivity contribution in [1.82, 2.24) is 4.90 Å². The Morgan fingerprint density at radius 2 is 1.75 bits per heavy atom. The number of hydrogen-bond acceptors (Lipinski definition) is 2. The molecule has 0 unspecified atom stereocenters. The number of urea groups is 1. The van der Waals surface area contributed by atoms with Gasteiger partial charge in [-0.1, -0.05) is 23.2 Å². The molecule has 0 fully saturated rings. The van der Waals surface area contributed by atoms with E-state index in [1.165, 1.54) is 24.3 Å². The van der Waals surface area contributed by atoms with Gasteiger partial charge in [-0.25, -0.2) is 9.18 Å². The zero-order chi connectivity index (χ0) is 17.5. The molecule has 0 saturated heterocycles. The number of carbonyl (C=O) groups is 1. The van der Waals surface area contributed by atoms with E-state index in [0.717, 1.165) is 5.56 Å². The number of rotatable bonds is 6. The van der Waals surface area contributed by atoms with Crippen LogP contribution in [-0.4, -0.2) is 24.0 Å². The van der Waals surface area contributed by atoms with Crippen molar-refractivity contribution in [3.05, 3.63) is 63.9 Å². The fourth-order valence-corrected chi connectivity index (χ4v) is 2.76. The maximum absolute atomic E-state index is 13.0. The lowest BCUT2D eigenvalue weighted by Gasteiger charge is -2.23. The number of halogens is 3. The molecule has 2 aromatic rings. The minimum absolute atomic E-state index is 0.300. The van der Waals surface area contributed by atoms with E-state index in [9.17, 15) is 9.18 Å². The summed E-state index contributed by atoms with van der Waals surface area (Å²) in [5.41, 5.74) is 6.88. The summed E-state index contributed by atoms with van der Waals surface area (Å²) in [6, 6.07) is 10.4. The third-order valence-corrected chi connectivity index (χ3v) is 3.75. The molecule has 0 radical (unpaired) electrons. The second-order valence-corrected chi connectivity index (χ2v) is 6.15. The highest BCUT2D eigenvalue weighted by atomic mass is 35.5. The summed E-state index contributed by atoms with van der Waals surface area (Å²) < 4.78 is 13.0. The number of nitrogens with two attached hydrogens (primary N) is 1. The standard InChI is InChI=1S/C17H18Cl2FN3O/c18-13-8-12(9-14(19)10-13)11-23(7-1-6-21)17(24)22-16-4-2-15(20)3-5-16/h2-5,8-10H,1,6-7,11,21H2,(H,22,24). The largest absolute Gasteiger partial charge is 0.330 e. The van der Waals surface area contributed by atoms with E-state index in [-0.39, 0.29) is 11.8 Å². The number of nitrogens with zero attached hydrogens (tertiary/aromatic N) is 1. The Bertz CT molecular complexity index is 674. The van der Waals surface area contributed by atoms with Crippen LogP contribution < -0.4 is 11.1 Å². The third kappa shape index (κ3) is 5.67. The molecule has 0 aliphatic carbocycles. The average Bonchev–Trinajstić information content (AvgIpc) is 2.52. The average molecular weight is 370 g/mol. The smallest absolute Gasteiger partial charge is 0.322 e. The first-order chi connectivity index (χ1) is 11.5. The summed E-state index contributed by atoms with van der Waals surface area (Å²) in [4.78, 5) is 14.1. The highest BCUT2D eigenvalue weighted by molar-refractivity contribution is 6.34. The highest BCUT2D eigenvalue weighted by Crippen LogP contribution is 2.20. The van der Waals surface area contributed by atoms with Gasteiger partial charge in [0.05, 0.1) is 0 Å². The molecule has 0 aromatic heterocycles. The van der Waals surface area contributed by atoms with Crippen molar-refractivity contribution in [3.63, 3.8) is 0 Å². The molecule has 4 nitrogen and oxygen atoms in total. The minimum atomic E-state index is -0.360. The SMILES string of the molecule is NCCCN(Cc1cc(Cl)cc(Cl)c1)C(=O)Nc1ccc(F)cc1. The van der Waals surface area contributed by atoms with Crippen molar-refractivity contribution < 1.29 is 9.18 Å². The fraction of sp³-hybridized carbons (Fsp3) is 0.235. The lowest BCUT2D eigenvalue weighted by molar-refractivity contribution is 0.208. The Balaban J connectivity index is 2.11. The molecule has 0 saturated carbocycles. The van der Waals surface area contributed by atoms with Crippen LogP contribution in [-0.2, 0) is 6.54 Å². The summed E-state index contributed by atoms with van der Waals surface area (Å²) in [6.07, 6.45) is 0.658. The molecule has 0 spiro atoms. The Labute approximate surface area is 150 Å². The normalized spacial score (nSPS) is 10.5. The monoisotopic (exact) mass is 369 g/mol. The van der Waals surface area contributed by atoms with Gasteiger partial charge >= 0.3 is 6.03 Å². The second kappa shape index (κ2) is 8.87. The first-order valence-corrected chi connectivity index (χ1v) is 8.20. The van der Waals surface area contributed by atoms with Crippen LogP contribution in [0.1, 0.15) is 12.0 Å². The number of anilines is 1. The summed E-state index contributed by atoms with van der Waals surface area (Å²) in [7, 11) is 0. The summed E-state index contributed by atoms with van der Waals surface area (Å²) in [5, 5.41) is 3.76. The molecule has 0 heterocycles. The number of amides is 2. The van der Waals surface area contributed by atoms with E-state index in [1.54, 1.807) is 23.1 Å². The molecule has 2 aromatic carbocycles. The van der Waals surface area contributed by atoms with Crippen LogP contribution in [0, 0.1) is 5.82 Å². The van der Waals surface area contributed by atoms with E-state index in [0.29, 0.717) is 41.8 Å². The van der Waals surface area contributed by atoms with Crippen molar-refractivity contribution in [2.24, 2.45) is 5.73 Å². The maximum atomic E-state index is 13.0. The molecule has 128 valence electrons. The van der Waals surface area contributed by atoms with Gasteiger partial charge in [-0.15, -0.1) is 0 Å². The molecule has 3 N–H and O–H groups in total. The first kappa shape index (κ1) is 18.5. The fourth-order valence-electron chi connectivity index (χ4n) is 2.19. The molecule has 2 amide bonds. The van der Waals surface area contributed by atoms with E-state index >= 15 is 0 Å². The van der Waals surface area contributed by atoms with Gasteiger partial charge in [-0.3, -0.25) is 0 Å². The van der Waals surface area contributed by atoms with Gasteiger partial charge in [0.15, 0.2) is 0 Å². The zero-order valence-electron chi connectivity index (χ0n) is 12.9. The third-order valence-electron chi connectivity index (χ3n) is 3.31. The Hall–Kier alpha value is -1.82. The van der Waals surface area contributed by atoms with E-state index in [2.05, 4.69) is 5.32 Å². The van der Waals surface area contributed by atoms with Gasteiger partial charge in [0.25, 0.3) is 0 Å². The number of carbonyl (C=O) groups excluding carboxylic acids is 1. The van der Waals surface area contributed by atoms with Gasteiger partial charge in [0.2, 0.25) is 0 Å². The number of hydrogen-bond donors (Lipinski definition) is 2. The number of benzene rings is 2. The molecule has 24 heavy (non-hydrogen) atoms. The van der Waals surface area contributed by atoms with Crippen LogP contribution in [0.25, 0.3) is 0 Å². The van der Waals surface area contributed by atoms with Crippen LogP contribution in [0.15, 0.2) is 42.5 Å². The topological polar surface area (TPSA) is 58.4 Å². The molecule has 0 aliphatic rings. The lowest BCUT2D eigenvalue weighted by atomic mass is 10.2. The summed E-state index contributed by atoms with van der Waals surface area (Å²) >= 11 is 12.0. The van der Waals surface area contributed by atoms with Crippen molar-refractivity contribution in [2.75, 3.05) is 18.4 Å². The quantitative estimate of drug-likeness (QED) is 0.786. The van der Waals surface area contributed by atoms with Crippen LogP contribution in [0.2, 0.25) is 10.0 Å². The molecule has 2 rings (SSSR count). The van der Waals surface area contributed by atoms with E-state index < -0.39 is 0 Å². The predicted molar refractivity (Wildman–Crippen MR) is 96.0 cm³/mol. The molecule has 0 bridgehead atoms. The molecular weight excluding hydrogens is 352 g/mol. The van der Waals surface area contributed by atoms with Crippen LogP contribution >= 0.6 is 23.2 Å². The maximum Gasteiger partial charge on any atom is 0.322 e. The lowest BCUT2D eigenvalue weighted by Crippen LogP contribution is -2.36. The van der Waals surface area contributed by atoms with Crippen LogP contribution in [0.3, 0.4) is 0 Å². The van der Waals surface area contributed by atoms with E-state index in [1.807, 2.05) is 0 Å². The predicted octanol–water partition coefficient (Wildman–Crippen LogP) is 4.52. The van der Waals surface area contributed by atoms with Gasteiger partial charge in [0, 0.05) is 28.8 Å². The van der Waals surface area contributed by atoms with Gasteiger partial charge in [-0.2, -0.15) is 0 Å². The molecule has 0 atom stereocenters. The summed E-state index contributed by atoms with van der Waals surface area (Å²) in [6.45, 7) is 1.29. The molecule has 7 heteroatoms. The van der Waals surface area contributed by atoms with Gasteiger partial charge in [0.1, 0.15) is 5.82 Å². The van der Waals surface area contributed by atoms with E-state index in [4.69, 9.17) is 28.9 Å². The van der Waals surface area contributed by atoms with Crippen LogP contribution in [0.5, 0.6) is 0 Å². The van der Waals surface area contributed by atoms with Gasteiger partial charge in [-0.05, 0) is 61.0 Å². The zero-order valence-corrected chi connectivity index (χ0v) is 14.4.